The molecule has 0 saturated heterocycles. The van der Waals surface area contributed by atoms with Crippen molar-refractivity contribution >= 4 is 71.1 Å². The highest BCUT2D eigenvalue weighted by Crippen LogP contribution is 2.41. The van der Waals surface area contributed by atoms with Crippen LogP contribution in [-0.4, -0.2) is 13.7 Å². The quantitative estimate of drug-likeness (QED) is 0.169. The molecule has 0 saturated carbocycles. The molecular weight excluding hydrogens is 671 g/mol. The van der Waals surface area contributed by atoms with Gasteiger partial charge in [0.15, 0.2) is 5.69 Å². The van der Waals surface area contributed by atoms with Crippen LogP contribution in [0.25, 0.3) is 98.5 Å². The first-order valence-electron chi connectivity index (χ1n) is 18.3. The van der Waals surface area contributed by atoms with Crippen molar-refractivity contribution in [2.24, 2.45) is 0 Å². The minimum absolute atomic E-state index is 0.589. The molecule has 0 N–H and O–H groups in total. The summed E-state index contributed by atoms with van der Waals surface area (Å²) in [7, 11) is 0. The van der Waals surface area contributed by atoms with Gasteiger partial charge in [-0.15, -0.1) is 0 Å². The topological polar surface area (TPSA) is 42.9 Å². The average Bonchev–Trinajstić information content (AvgIpc) is 3.88. The number of hydrogen-bond donors (Lipinski definition) is 0. The lowest BCUT2D eigenvalue weighted by atomic mass is 9.99. The Labute approximate surface area is 316 Å². The summed E-state index contributed by atoms with van der Waals surface area (Å²) in [6, 6.07) is 63.7. The van der Waals surface area contributed by atoms with E-state index in [1.165, 1.54) is 10.8 Å². The summed E-state index contributed by atoms with van der Waals surface area (Å²) in [5, 5.41) is 17.7. The Kier molecular flexibility index (Phi) is 6.61. The second-order valence-corrected chi connectivity index (χ2v) is 14.0. The summed E-state index contributed by atoms with van der Waals surface area (Å²) >= 11 is 0. The Hall–Kier alpha value is -7.86. The Morgan fingerprint density at radius 3 is 1.51 bits per heavy atom. The maximum atomic E-state index is 10.8. The van der Waals surface area contributed by atoms with Crippen LogP contribution in [0.5, 0.6) is 0 Å². The molecule has 3 aromatic heterocycles. The van der Waals surface area contributed by atoms with Crippen molar-refractivity contribution in [3.05, 3.63) is 193 Å². The molecule has 0 amide bonds. The number of para-hydroxylation sites is 5. The molecule has 5 heteroatoms. The highest BCUT2D eigenvalue weighted by molar-refractivity contribution is 6.13. The molecule has 11 rings (SSSR count). The van der Waals surface area contributed by atoms with Crippen LogP contribution in [0.3, 0.4) is 0 Å². The van der Waals surface area contributed by atoms with Crippen molar-refractivity contribution in [2.45, 2.75) is 0 Å². The third-order valence-electron chi connectivity index (χ3n) is 11.1. The number of hydrogen-bond acceptors (Lipinski definition) is 1. The van der Waals surface area contributed by atoms with Crippen molar-refractivity contribution in [3.8, 4) is 34.3 Å². The first-order chi connectivity index (χ1) is 27.2. The zero-order chi connectivity index (χ0) is 36.6. The number of nitriles is 1. The molecule has 0 atom stereocenters. The molecule has 0 bridgehead atoms. The summed E-state index contributed by atoms with van der Waals surface area (Å²) in [6.07, 6.45) is 0. The number of aromatic nitrogens is 3. The molecule has 5 nitrogen and oxygen atoms in total. The minimum atomic E-state index is 0.589. The van der Waals surface area contributed by atoms with Crippen molar-refractivity contribution < 1.29 is 0 Å². The van der Waals surface area contributed by atoms with Crippen LogP contribution in [0.15, 0.2) is 176 Å². The molecule has 0 radical (unpaired) electrons. The monoisotopic (exact) mass is 699 g/mol. The summed E-state index contributed by atoms with van der Waals surface area (Å²) in [6.45, 7) is 7.73. The van der Waals surface area contributed by atoms with Gasteiger partial charge < -0.3 is 13.7 Å². The highest BCUT2D eigenvalue weighted by atomic mass is 15.0. The van der Waals surface area contributed by atoms with Crippen LogP contribution in [-0.2, 0) is 0 Å². The Morgan fingerprint density at radius 1 is 0.418 bits per heavy atom. The van der Waals surface area contributed by atoms with Crippen LogP contribution in [0.4, 0.5) is 5.69 Å². The lowest BCUT2D eigenvalue weighted by Crippen LogP contribution is -2.02. The summed E-state index contributed by atoms with van der Waals surface area (Å²) < 4.78 is 6.87. The number of rotatable bonds is 4. The van der Waals surface area contributed by atoms with Gasteiger partial charge in [0.05, 0.1) is 45.4 Å². The number of fused-ring (bicyclic) bond motifs is 9. The summed E-state index contributed by atoms with van der Waals surface area (Å²) in [4.78, 5) is 3.75. The van der Waals surface area contributed by atoms with Gasteiger partial charge >= 0.3 is 0 Å². The standard InChI is InChI=1S/C50H29N5/c1-52-34-24-26-42-40-17-4-8-22-46(40)54(48(42)29-34)35-14-10-12-32(28-35)37-19-11-13-33(31-51)50(37)55-47-23-9-5-18-41(47)43-27-25-36(30-49(43)55)53-44-20-6-2-15-38(44)39-16-3-7-21-45(39)53/h2-30H. The fourth-order valence-electron chi connectivity index (χ4n) is 8.77. The van der Waals surface area contributed by atoms with Crippen molar-refractivity contribution in [3.63, 3.8) is 0 Å². The van der Waals surface area contributed by atoms with E-state index >= 15 is 0 Å². The second kappa shape index (κ2) is 11.8. The zero-order valence-electron chi connectivity index (χ0n) is 29.5. The molecule has 0 aliphatic heterocycles. The van der Waals surface area contributed by atoms with Crippen molar-refractivity contribution in [1.29, 1.82) is 5.26 Å². The van der Waals surface area contributed by atoms with E-state index < -0.39 is 0 Å². The van der Waals surface area contributed by atoms with E-state index in [0.29, 0.717) is 11.3 Å². The largest absolute Gasteiger partial charge is 0.310 e. The van der Waals surface area contributed by atoms with Gasteiger partial charge in [-0.2, -0.15) is 5.26 Å². The van der Waals surface area contributed by atoms with Crippen LogP contribution in [0.2, 0.25) is 0 Å². The number of benzene rings is 8. The second-order valence-electron chi connectivity index (χ2n) is 14.0. The maximum absolute atomic E-state index is 10.8. The maximum Gasteiger partial charge on any atom is 0.189 e. The first kappa shape index (κ1) is 30.7. The Morgan fingerprint density at radius 2 is 0.909 bits per heavy atom. The van der Waals surface area contributed by atoms with E-state index in [0.717, 1.165) is 82.8 Å². The van der Waals surface area contributed by atoms with Gasteiger partial charge in [-0.3, -0.25) is 0 Å². The van der Waals surface area contributed by atoms with Gasteiger partial charge in [0.25, 0.3) is 0 Å². The molecule has 0 aliphatic carbocycles. The van der Waals surface area contributed by atoms with Gasteiger partial charge in [-0.25, -0.2) is 4.85 Å². The van der Waals surface area contributed by atoms with Gasteiger partial charge in [-0.05, 0) is 66.2 Å². The molecule has 8 aromatic carbocycles. The average molecular weight is 700 g/mol. The summed E-state index contributed by atoms with van der Waals surface area (Å²) in [5.41, 5.74) is 12.4. The molecule has 0 fully saturated rings. The van der Waals surface area contributed by atoms with Crippen molar-refractivity contribution in [1.82, 2.24) is 13.7 Å². The lowest BCUT2D eigenvalue weighted by molar-refractivity contribution is 1.15. The number of nitrogens with zero attached hydrogens (tertiary/aromatic N) is 5. The molecule has 254 valence electrons. The third-order valence-corrected chi connectivity index (χ3v) is 11.1. The van der Waals surface area contributed by atoms with Crippen LogP contribution >= 0.6 is 0 Å². The molecule has 0 unspecified atom stereocenters. The zero-order valence-corrected chi connectivity index (χ0v) is 29.5. The van der Waals surface area contributed by atoms with Crippen LogP contribution < -0.4 is 0 Å². The van der Waals surface area contributed by atoms with Crippen molar-refractivity contribution in [2.75, 3.05) is 0 Å². The fraction of sp³-hybridized carbons (Fsp3) is 0. The van der Waals surface area contributed by atoms with E-state index in [9.17, 15) is 5.26 Å². The lowest BCUT2D eigenvalue weighted by Gasteiger charge is -2.17. The van der Waals surface area contributed by atoms with E-state index in [4.69, 9.17) is 6.57 Å². The Balaban J connectivity index is 1.18. The van der Waals surface area contributed by atoms with Gasteiger partial charge in [0.1, 0.15) is 6.07 Å². The van der Waals surface area contributed by atoms with Gasteiger partial charge in [0.2, 0.25) is 0 Å². The molecule has 0 spiro atoms. The smallest absolute Gasteiger partial charge is 0.189 e. The third kappa shape index (κ3) is 4.45. The van der Waals surface area contributed by atoms with Crippen LogP contribution in [0, 0.1) is 17.9 Å². The highest BCUT2D eigenvalue weighted by Gasteiger charge is 2.21. The molecule has 55 heavy (non-hydrogen) atoms. The van der Waals surface area contributed by atoms with E-state index in [1.807, 2.05) is 24.3 Å². The predicted molar refractivity (Wildman–Crippen MR) is 226 cm³/mol. The predicted octanol–water partition coefficient (Wildman–Crippen LogP) is 13.1. The van der Waals surface area contributed by atoms with Gasteiger partial charge in [0, 0.05) is 54.8 Å². The SMILES string of the molecule is [C-]#[N+]c1ccc2c3ccccc3n(-c3cccc(-c4cccc(C#N)c4-n4c5ccccc5c5ccc(-n6c7ccccc7c7ccccc76)cc54)c3)c2c1. The summed E-state index contributed by atoms with van der Waals surface area (Å²) in [5.74, 6) is 0. The van der Waals surface area contributed by atoms with E-state index in [2.05, 4.69) is 176 Å². The molecule has 0 aliphatic rings. The van der Waals surface area contributed by atoms with Crippen LogP contribution in [0.1, 0.15) is 5.56 Å². The molecule has 11 aromatic rings. The first-order valence-corrected chi connectivity index (χ1v) is 18.3. The van der Waals surface area contributed by atoms with E-state index in [-0.39, 0.29) is 0 Å². The fourth-order valence-corrected chi connectivity index (χ4v) is 8.77. The van der Waals surface area contributed by atoms with E-state index in [1.54, 1.807) is 0 Å². The van der Waals surface area contributed by atoms with Gasteiger partial charge in [-0.1, -0.05) is 115 Å². The Bertz CT molecular complexity index is 3420. The minimum Gasteiger partial charge on any atom is -0.310 e. The molecule has 3 heterocycles. The molecular formula is C50H29N5. The normalized spacial score (nSPS) is 11.6.